The first-order valence-electron chi connectivity index (χ1n) is 3.72. The molecule has 0 radical (unpaired) electrons. The van der Waals surface area contributed by atoms with Gasteiger partial charge in [-0.1, -0.05) is 12.1 Å². The van der Waals surface area contributed by atoms with E-state index in [1.165, 1.54) is 0 Å². The van der Waals surface area contributed by atoms with Crippen molar-refractivity contribution in [1.82, 2.24) is 0 Å². The summed E-state index contributed by atoms with van der Waals surface area (Å²) < 4.78 is 11.0. The Morgan fingerprint density at radius 2 is 2.31 bits per heavy atom. The highest BCUT2D eigenvalue weighted by atomic mass is 32.2. The molecule has 4 heteroatoms. The fourth-order valence-electron chi connectivity index (χ4n) is 1.10. The zero-order valence-electron chi connectivity index (χ0n) is 7.28. The predicted molar refractivity (Wildman–Crippen MR) is 53.3 cm³/mol. The Morgan fingerprint density at radius 3 is 2.85 bits per heavy atom. The largest absolute Gasteiger partial charge is 0.398 e. The molecule has 13 heavy (non-hydrogen) atoms. The molecule has 0 bridgehead atoms. The van der Waals surface area contributed by atoms with E-state index in [0.717, 1.165) is 5.56 Å². The molecule has 1 unspecified atom stereocenters. The second kappa shape index (κ2) is 4.06. The standard InChI is InChI=1S/C9H10N2OS/c1-13(12)6-7-3-2-4-9(11)8(7)5-10/h2-4H,6,11H2,1H3. The van der Waals surface area contributed by atoms with Crippen molar-refractivity contribution in [3.05, 3.63) is 29.3 Å². The number of nitriles is 1. The fourth-order valence-corrected chi connectivity index (χ4v) is 1.77. The van der Waals surface area contributed by atoms with E-state index in [9.17, 15) is 4.21 Å². The molecular formula is C9H10N2OS. The molecule has 0 aliphatic carbocycles. The first kappa shape index (κ1) is 9.75. The molecule has 0 heterocycles. The van der Waals surface area contributed by atoms with E-state index in [4.69, 9.17) is 11.0 Å². The Labute approximate surface area is 79.6 Å². The van der Waals surface area contributed by atoms with Crippen LogP contribution in [0.25, 0.3) is 0 Å². The molecule has 0 aliphatic rings. The Kier molecular flexibility index (Phi) is 3.04. The molecule has 1 aromatic carbocycles. The smallest absolute Gasteiger partial charge is 0.102 e. The van der Waals surface area contributed by atoms with Gasteiger partial charge in [-0.3, -0.25) is 4.21 Å². The normalized spacial score (nSPS) is 12.0. The molecule has 2 N–H and O–H groups in total. The van der Waals surface area contributed by atoms with Crippen LogP contribution in [0.5, 0.6) is 0 Å². The van der Waals surface area contributed by atoms with E-state index in [1.54, 1.807) is 24.5 Å². The first-order valence-corrected chi connectivity index (χ1v) is 5.45. The Bertz CT molecular complexity index is 382. The van der Waals surface area contributed by atoms with Crippen LogP contribution in [0, 0.1) is 11.3 Å². The summed E-state index contributed by atoms with van der Waals surface area (Å²) >= 11 is 0. The molecule has 1 aromatic rings. The lowest BCUT2D eigenvalue weighted by atomic mass is 10.1. The third kappa shape index (κ3) is 2.30. The Balaban J connectivity index is 3.14. The van der Waals surface area contributed by atoms with Crippen LogP contribution < -0.4 is 5.73 Å². The van der Waals surface area contributed by atoms with Gasteiger partial charge in [-0.05, 0) is 11.6 Å². The number of hydrogen-bond acceptors (Lipinski definition) is 3. The summed E-state index contributed by atoms with van der Waals surface area (Å²) in [6.45, 7) is 0. The van der Waals surface area contributed by atoms with E-state index >= 15 is 0 Å². The highest BCUT2D eigenvalue weighted by molar-refractivity contribution is 7.83. The van der Waals surface area contributed by atoms with Crippen molar-refractivity contribution in [3.63, 3.8) is 0 Å². The quantitative estimate of drug-likeness (QED) is 0.715. The summed E-state index contributed by atoms with van der Waals surface area (Å²) in [6, 6.07) is 7.21. The van der Waals surface area contributed by atoms with Crippen molar-refractivity contribution >= 4 is 16.5 Å². The summed E-state index contributed by atoms with van der Waals surface area (Å²) in [5, 5.41) is 8.78. The summed E-state index contributed by atoms with van der Waals surface area (Å²) in [4.78, 5) is 0. The van der Waals surface area contributed by atoms with Crippen LogP contribution in [-0.2, 0) is 16.6 Å². The number of nitrogen functional groups attached to an aromatic ring is 1. The molecule has 0 aliphatic heterocycles. The molecule has 0 aromatic heterocycles. The van der Waals surface area contributed by atoms with Crippen LogP contribution in [0.4, 0.5) is 5.69 Å². The van der Waals surface area contributed by atoms with Crippen LogP contribution in [0.3, 0.4) is 0 Å². The number of benzene rings is 1. The molecule has 0 amide bonds. The molecule has 0 saturated heterocycles. The Hall–Kier alpha value is -1.34. The minimum absolute atomic E-state index is 0.383. The van der Waals surface area contributed by atoms with Gasteiger partial charge in [-0.15, -0.1) is 0 Å². The van der Waals surface area contributed by atoms with Gasteiger partial charge in [0.15, 0.2) is 0 Å². The minimum Gasteiger partial charge on any atom is -0.398 e. The van der Waals surface area contributed by atoms with E-state index in [0.29, 0.717) is 17.0 Å². The SMILES string of the molecule is CS(=O)Cc1cccc(N)c1C#N. The van der Waals surface area contributed by atoms with Gasteiger partial charge in [-0.25, -0.2) is 0 Å². The van der Waals surface area contributed by atoms with Crippen molar-refractivity contribution in [1.29, 1.82) is 5.26 Å². The van der Waals surface area contributed by atoms with Crippen LogP contribution in [0.2, 0.25) is 0 Å². The van der Waals surface area contributed by atoms with Crippen LogP contribution in [-0.4, -0.2) is 10.5 Å². The summed E-state index contributed by atoms with van der Waals surface area (Å²) in [6.07, 6.45) is 1.60. The van der Waals surface area contributed by atoms with Gasteiger partial charge in [0.1, 0.15) is 6.07 Å². The van der Waals surface area contributed by atoms with Gasteiger partial charge in [-0.2, -0.15) is 5.26 Å². The third-order valence-corrected chi connectivity index (χ3v) is 2.37. The van der Waals surface area contributed by atoms with Crippen LogP contribution in [0.1, 0.15) is 11.1 Å². The van der Waals surface area contributed by atoms with Gasteiger partial charge in [0, 0.05) is 28.5 Å². The fraction of sp³-hybridized carbons (Fsp3) is 0.222. The topological polar surface area (TPSA) is 66.9 Å². The van der Waals surface area contributed by atoms with Gasteiger partial charge in [0.25, 0.3) is 0 Å². The number of nitrogens with two attached hydrogens (primary N) is 1. The second-order valence-electron chi connectivity index (χ2n) is 2.71. The maximum atomic E-state index is 11.0. The lowest BCUT2D eigenvalue weighted by molar-refractivity contribution is 0.686. The zero-order valence-corrected chi connectivity index (χ0v) is 8.10. The van der Waals surface area contributed by atoms with Crippen molar-refractivity contribution in [2.24, 2.45) is 0 Å². The number of anilines is 1. The molecule has 0 saturated carbocycles. The lowest BCUT2D eigenvalue weighted by Crippen LogP contribution is -1.99. The maximum Gasteiger partial charge on any atom is 0.102 e. The van der Waals surface area contributed by atoms with Gasteiger partial charge >= 0.3 is 0 Å². The average Bonchev–Trinajstić information content (AvgIpc) is 2.03. The molecular weight excluding hydrogens is 184 g/mol. The van der Waals surface area contributed by atoms with Crippen LogP contribution in [0.15, 0.2) is 18.2 Å². The van der Waals surface area contributed by atoms with Crippen molar-refractivity contribution in [2.45, 2.75) is 5.75 Å². The summed E-state index contributed by atoms with van der Waals surface area (Å²) in [7, 11) is -0.943. The van der Waals surface area contributed by atoms with Crippen molar-refractivity contribution in [2.75, 3.05) is 12.0 Å². The van der Waals surface area contributed by atoms with Crippen molar-refractivity contribution < 1.29 is 4.21 Å². The monoisotopic (exact) mass is 194 g/mol. The Morgan fingerprint density at radius 1 is 1.62 bits per heavy atom. The first-order chi connectivity index (χ1) is 6.15. The maximum absolute atomic E-state index is 11.0. The predicted octanol–water partition coefficient (Wildman–Crippen LogP) is 1.02. The van der Waals surface area contributed by atoms with E-state index in [2.05, 4.69) is 0 Å². The minimum atomic E-state index is -0.943. The van der Waals surface area contributed by atoms with Crippen molar-refractivity contribution in [3.8, 4) is 6.07 Å². The highest BCUT2D eigenvalue weighted by Gasteiger charge is 2.06. The molecule has 68 valence electrons. The number of nitrogens with zero attached hydrogens (tertiary/aromatic N) is 1. The summed E-state index contributed by atoms with van der Waals surface area (Å²) in [5.74, 6) is 0.383. The average molecular weight is 194 g/mol. The molecule has 0 fully saturated rings. The summed E-state index contributed by atoms with van der Waals surface area (Å²) in [5.41, 5.74) is 7.23. The second-order valence-corrected chi connectivity index (χ2v) is 4.15. The number of hydrogen-bond donors (Lipinski definition) is 1. The molecule has 1 rings (SSSR count). The van der Waals surface area contributed by atoms with Gasteiger partial charge in [0.05, 0.1) is 5.56 Å². The highest BCUT2D eigenvalue weighted by Crippen LogP contribution is 2.16. The van der Waals surface area contributed by atoms with Gasteiger partial charge < -0.3 is 5.73 Å². The molecule has 1 atom stereocenters. The molecule has 3 nitrogen and oxygen atoms in total. The van der Waals surface area contributed by atoms with E-state index in [-0.39, 0.29) is 0 Å². The third-order valence-electron chi connectivity index (χ3n) is 1.65. The van der Waals surface area contributed by atoms with Crippen LogP contribution >= 0.6 is 0 Å². The van der Waals surface area contributed by atoms with Gasteiger partial charge in [0.2, 0.25) is 0 Å². The van der Waals surface area contributed by atoms with E-state index in [1.807, 2.05) is 6.07 Å². The van der Waals surface area contributed by atoms with E-state index < -0.39 is 10.8 Å². The zero-order chi connectivity index (χ0) is 9.84. The number of rotatable bonds is 2. The molecule has 0 spiro atoms. The lowest BCUT2D eigenvalue weighted by Gasteiger charge is -2.03.